The van der Waals surface area contributed by atoms with Crippen molar-refractivity contribution in [2.24, 2.45) is 5.92 Å². The second-order valence-corrected chi connectivity index (χ2v) is 7.31. The predicted octanol–water partition coefficient (Wildman–Crippen LogP) is 3.20. The lowest BCUT2D eigenvalue weighted by Crippen LogP contribution is -2.45. The van der Waals surface area contributed by atoms with Gasteiger partial charge in [-0.25, -0.2) is 4.79 Å². The van der Waals surface area contributed by atoms with Gasteiger partial charge in [-0.3, -0.25) is 4.79 Å². The third-order valence-electron chi connectivity index (χ3n) is 4.02. The summed E-state index contributed by atoms with van der Waals surface area (Å²) in [5.41, 5.74) is 0.616. The third-order valence-corrected chi connectivity index (χ3v) is 4.02. The number of amides is 1. The van der Waals surface area contributed by atoms with E-state index < -0.39 is 11.6 Å². The number of rotatable bonds is 4. The van der Waals surface area contributed by atoms with Gasteiger partial charge in [-0.05, 0) is 45.6 Å². The molecular weight excluding hydrogens is 290 g/mol. The first kappa shape index (κ1) is 17.5. The van der Waals surface area contributed by atoms with Crippen LogP contribution in [-0.2, 0) is 20.7 Å². The van der Waals surface area contributed by atoms with Gasteiger partial charge in [-0.15, -0.1) is 0 Å². The molecule has 0 radical (unpaired) electrons. The number of hydrogen-bond acceptors (Lipinski definition) is 3. The second-order valence-electron chi connectivity index (χ2n) is 7.31. The fourth-order valence-corrected chi connectivity index (χ4v) is 2.98. The topological polar surface area (TPSA) is 46.6 Å². The van der Waals surface area contributed by atoms with Gasteiger partial charge in [0.25, 0.3) is 0 Å². The molecule has 1 aliphatic heterocycles. The Balaban J connectivity index is 2.01. The molecule has 1 fully saturated rings. The molecule has 4 heteroatoms. The maximum atomic E-state index is 12.7. The number of nitrogens with zero attached hydrogens (tertiary/aromatic N) is 1. The molecule has 1 heterocycles. The van der Waals surface area contributed by atoms with Crippen LogP contribution in [0.3, 0.4) is 0 Å². The van der Waals surface area contributed by atoms with Crippen LogP contribution < -0.4 is 0 Å². The van der Waals surface area contributed by atoms with E-state index in [4.69, 9.17) is 4.74 Å². The minimum Gasteiger partial charge on any atom is -0.458 e. The van der Waals surface area contributed by atoms with Crippen molar-refractivity contribution in [3.8, 4) is 0 Å². The molecule has 126 valence electrons. The summed E-state index contributed by atoms with van der Waals surface area (Å²) in [6.07, 6.45) is 2.24. The van der Waals surface area contributed by atoms with E-state index >= 15 is 0 Å². The Bertz CT molecular complexity index is 547. The van der Waals surface area contributed by atoms with Crippen LogP contribution in [-0.4, -0.2) is 35.0 Å². The Hall–Kier alpha value is -1.84. The lowest BCUT2D eigenvalue weighted by atomic mass is 9.99. The molecule has 1 amide bonds. The van der Waals surface area contributed by atoms with Gasteiger partial charge in [0.15, 0.2) is 0 Å². The Morgan fingerprint density at radius 3 is 2.52 bits per heavy atom. The van der Waals surface area contributed by atoms with Gasteiger partial charge >= 0.3 is 5.97 Å². The molecule has 0 saturated carbocycles. The van der Waals surface area contributed by atoms with Gasteiger partial charge in [-0.2, -0.15) is 0 Å². The summed E-state index contributed by atoms with van der Waals surface area (Å²) in [6.45, 7) is 8.12. The van der Waals surface area contributed by atoms with Gasteiger partial charge in [0.1, 0.15) is 11.6 Å². The van der Waals surface area contributed by atoms with Gasteiger partial charge in [0.2, 0.25) is 5.91 Å². The van der Waals surface area contributed by atoms with Gasteiger partial charge in [0.05, 0.1) is 0 Å². The number of ether oxygens (including phenoxy) is 1. The maximum Gasteiger partial charge on any atom is 0.329 e. The Labute approximate surface area is 138 Å². The number of carbonyl (C=O) groups is 2. The average Bonchev–Trinajstić information content (AvgIpc) is 2.95. The van der Waals surface area contributed by atoms with Crippen LogP contribution in [0.1, 0.15) is 46.1 Å². The molecule has 0 spiro atoms. The smallest absolute Gasteiger partial charge is 0.329 e. The van der Waals surface area contributed by atoms with E-state index in [1.54, 1.807) is 4.90 Å². The van der Waals surface area contributed by atoms with Crippen LogP contribution in [0.5, 0.6) is 0 Å². The average molecular weight is 317 g/mol. The molecule has 0 aromatic heterocycles. The summed E-state index contributed by atoms with van der Waals surface area (Å²) < 4.78 is 5.47. The summed E-state index contributed by atoms with van der Waals surface area (Å²) in [5.74, 6) is -0.377. The van der Waals surface area contributed by atoms with E-state index in [0.717, 1.165) is 12.0 Å². The summed E-state index contributed by atoms with van der Waals surface area (Å²) >= 11 is 0. The standard InChI is InChI=1S/C19H27NO3/c1-14(13-15-9-6-5-7-10-15)17(21)20-12-8-11-16(20)18(22)23-19(2,3)4/h5-7,9-10,14,16H,8,11-13H2,1-4H3/t14?,16-/m0/s1. The predicted molar refractivity (Wildman–Crippen MR) is 89.9 cm³/mol. The fourth-order valence-electron chi connectivity index (χ4n) is 2.98. The van der Waals surface area contributed by atoms with Crippen LogP contribution >= 0.6 is 0 Å². The minimum absolute atomic E-state index is 0.0437. The molecule has 0 N–H and O–H groups in total. The summed E-state index contributed by atoms with van der Waals surface area (Å²) in [5, 5.41) is 0. The first-order valence-corrected chi connectivity index (χ1v) is 8.35. The molecule has 23 heavy (non-hydrogen) atoms. The second kappa shape index (κ2) is 7.16. The van der Waals surface area contributed by atoms with Crippen molar-refractivity contribution in [3.63, 3.8) is 0 Å². The zero-order valence-corrected chi connectivity index (χ0v) is 14.5. The molecule has 1 aromatic carbocycles. The Kier molecular flexibility index (Phi) is 5.45. The highest BCUT2D eigenvalue weighted by Crippen LogP contribution is 2.24. The van der Waals surface area contributed by atoms with E-state index in [0.29, 0.717) is 19.4 Å². The number of hydrogen-bond donors (Lipinski definition) is 0. The number of esters is 1. The van der Waals surface area contributed by atoms with Crippen molar-refractivity contribution >= 4 is 11.9 Å². The van der Waals surface area contributed by atoms with E-state index in [1.165, 1.54) is 0 Å². The van der Waals surface area contributed by atoms with Crippen molar-refractivity contribution in [1.82, 2.24) is 4.90 Å². The zero-order chi connectivity index (χ0) is 17.0. The van der Waals surface area contributed by atoms with E-state index in [1.807, 2.05) is 58.0 Å². The molecule has 2 atom stereocenters. The van der Waals surface area contributed by atoms with Crippen molar-refractivity contribution < 1.29 is 14.3 Å². The van der Waals surface area contributed by atoms with Crippen molar-refractivity contribution in [1.29, 1.82) is 0 Å². The normalized spacial score (nSPS) is 19.5. The first-order valence-electron chi connectivity index (χ1n) is 8.35. The lowest BCUT2D eigenvalue weighted by molar-refractivity contribution is -0.163. The molecule has 0 bridgehead atoms. The van der Waals surface area contributed by atoms with Crippen LogP contribution in [0.25, 0.3) is 0 Å². The zero-order valence-electron chi connectivity index (χ0n) is 14.5. The molecule has 1 saturated heterocycles. The third kappa shape index (κ3) is 4.81. The number of benzene rings is 1. The maximum absolute atomic E-state index is 12.7. The Morgan fingerprint density at radius 2 is 1.91 bits per heavy atom. The quantitative estimate of drug-likeness (QED) is 0.801. The van der Waals surface area contributed by atoms with Crippen LogP contribution in [0.4, 0.5) is 0 Å². The van der Waals surface area contributed by atoms with Gasteiger partial charge in [-0.1, -0.05) is 37.3 Å². The van der Waals surface area contributed by atoms with Gasteiger partial charge < -0.3 is 9.64 Å². The minimum atomic E-state index is -0.524. The van der Waals surface area contributed by atoms with Crippen molar-refractivity contribution in [2.45, 2.75) is 58.6 Å². The van der Waals surface area contributed by atoms with Gasteiger partial charge in [0, 0.05) is 12.5 Å². The molecule has 1 aliphatic rings. The molecule has 2 rings (SSSR count). The molecule has 1 aromatic rings. The number of likely N-dealkylation sites (tertiary alicyclic amines) is 1. The summed E-state index contributed by atoms with van der Waals surface area (Å²) in [7, 11) is 0. The summed E-state index contributed by atoms with van der Waals surface area (Å²) in [6, 6.07) is 9.55. The highest BCUT2D eigenvalue weighted by Gasteiger charge is 2.38. The highest BCUT2D eigenvalue weighted by molar-refractivity contribution is 5.86. The lowest BCUT2D eigenvalue weighted by Gasteiger charge is -2.29. The van der Waals surface area contributed by atoms with Crippen LogP contribution in [0.15, 0.2) is 30.3 Å². The largest absolute Gasteiger partial charge is 0.458 e. The Morgan fingerprint density at radius 1 is 1.26 bits per heavy atom. The van der Waals surface area contributed by atoms with E-state index in [-0.39, 0.29) is 17.8 Å². The number of carbonyl (C=O) groups excluding carboxylic acids is 2. The highest BCUT2D eigenvalue weighted by atomic mass is 16.6. The molecule has 1 unspecified atom stereocenters. The fraction of sp³-hybridized carbons (Fsp3) is 0.579. The van der Waals surface area contributed by atoms with Crippen molar-refractivity contribution in [2.75, 3.05) is 6.54 Å². The molecular formula is C19H27NO3. The first-order chi connectivity index (χ1) is 10.8. The van der Waals surface area contributed by atoms with E-state index in [2.05, 4.69) is 0 Å². The SMILES string of the molecule is CC(Cc1ccccc1)C(=O)N1CCC[C@H]1C(=O)OC(C)(C)C. The van der Waals surface area contributed by atoms with Crippen LogP contribution in [0, 0.1) is 5.92 Å². The van der Waals surface area contributed by atoms with Crippen LogP contribution in [0.2, 0.25) is 0 Å². The summed E-state index contributed by atoms with van der Waals surface area (Å²) in [4.78, 5) is 26.8. The molecule has 4 nitrogen and oxygen atoms in total. The molecule has 0 aliphatic carbocycles. The monoisotopic (exact) mass is 317 g/mol. The van der Waals surface area contributed by atoms with E-state index in [9.17, 15) is 9.59 Å². The van der Waals surface area contributed by atoms with Crippen molar-refractivity contribution in [3.05, 3.63) is 35.9 Å².